The van der Waals surface area contributed by atoms with Gasteiger partial charge in [-0.3, -0.25) is 0 Å². The summed E-state index contributed by atoms with van der Waals surface area (Å²) in [5, 5.41) is 7.84. The zero-order chi connectivity index (χ0) is 9.97. The molecule has 0 aromatic carbocycles. The Labute approximate surface area is 80.8 Å². The molecule has 2 N–H and O–H groups in total. The van der Waals surface area contributed by atoms with E-state index in [0.29, 0.717) is 0 Å². The van der Waals surface area contributed by atoms with Gasteiger partial charge in [-0.25, -0.2) is 14.6 Å². The topological polar surface area (TPSA) is 82.5 Å². The van der Waals surface area contributed by atoms with Crippen molar-refractivity contribution in [3.05, 3.63) is 30.6 Å². The van der Waals surface area contributed by atoms with Crippen molar-refractivity contribution in [1.29, 1.82) is 0 Å². The Kier molecular flexibility index (Phi) is 2.19. The molecule has 2 heterocycles. The highest BCUT2D eigenvalue weighted by atomic mass is 15.4. The first-order valence-corrected chi connectivity index (χ1v) is 4.20. The Morgan fingerprint density at radius 1 is 1.36 bits per heavy atom. The third kappa shape index (κ3) is 1.60. The van der Waals surface area contributed by atoms with Crippen LogP contribution in [0.1, 0.15) is 18.7 Å². The molecule has 0 saturated carbocycles. The van der Waals surface area contributed by atoms with E-state index in [2.05, 4.69) is 20.3 Å². The largest absolute Gasteiger partial charge is 0.323 e. The van der Waals surface area contributed by atoms with Gasteiger partial charge in [0.2, 0.25) is 0 Å². The lowest BCUT2D eigenvalue weighted by Crippen LogP contribution is -2.04. The maximum Gasteiger partial charge on any atom is 0.115 e. The smallest absolute Gasteiger partial charge is 0.115 e. The Balaban J connectivity index is 2.34. The van der Waals surface area contributed by atoms with Crippen molar-refractivity contribution in [2.75, 3.05) is 0 Å². The molecule has 6 nitrogen and oxygen atoms in total. The van der Waals surface area contributed by atoms with Crippen LogP contribution in [-0.4, -0.2) is 25.0 Å². The molecule has 72 valence electrons. The maximum absolute atomic E-state index is 5.66. The van der Waals surface area contributed by atoms with E-state index in [1.165, 1.54) is 6.33 Å². The van der Waals surface area contributed by atoms with Crippen LogP contribution < -0.4 is 5.73 Å². The molecule has 2 rings (SSSR count). The molecule has 0 radical (unpaired) electrons. The van der Waals surface area contributed by atoms with Crippen LogP contribution in [0.2, 0.25) is 0 Å². The lowest BCUT2D eigenvalue weighted by atomic mass is 10.3. The standard InChI is InChI=1S/C8H10N6/c1-6(9)8-4-14(13-12-8)7-2-10-5-11-3-7/h2-6H,9H2,1H3/t6-/m0/s1. The van der Waals surface area contributed by atoms with Gasteiger partial charge < -0.3 is 5.73 Å². The third-order valence-corrected chi connectivity index (χ3v) is 1.79. The van der Waals surface area contributed by atoms with Crippen LogP contribution in [0.25, 0.3) is 5.69 Å². The molecule has 6 heteroatoms. The maximum atomic E-state index is 5.66. The zero-order valence-electron chi connectivity index (χ0n) is 7.70. The molecular formula is C8H10N6. The fraction of sp³-hybridized carbons (Fsp3) is 0.250. The van der Waals surface area contributed by atoms with Crippen molar-refractivity contribution in [2.24, 2.45) is 5.73 Å². The molecule has 0 bridgehead atoms. The molecule has 0 amide bonds. The third-order valence-electron chi connectivity index (χ3n) is 1.79. The Bertz CT molecular complexity index is 407. The Morgan fingerprint density at radius 2 is 2.07 bits per heavy atom. The van der Waals surface area contributed by atoms with Crippen LogP contribution in [0.15, 0.2) is 24.9 Å². The van der Waals surface area contributed by atoms with Crippen LogP contribution in [0, 0.1) is 0 Å². The van der Waals surface area contributed by atoms with E-state index < -0.39 is 0 Å². The van der Waals surface area contributed by atoms with Crippen LogP contribution in [0.4, 0.5) is 0 Å². The summed E-state index contributed by atoms with van der Waals surface area (Å²) in [5.74, 6) is 0. The van der Waals surface area contributed by atoms with E-state index in [1.807, 2.05) is 6.92 Å². The average molecular weight is 190 g/mol. The summed E-state index contributed by atoms with van der Waals surface area (Å²) in [6.07, 6.45) is 6.55. The van der Waals surface area contributed by atoms with Crippen LogP contribution >= 0.6 is 0 Å². The van der Waals surface area contributed by atoms with Crippen molar-refractivity contribution < 1.29 is 0 Å². The molecule has 2 aromatic heterocycles. The molecule has 0 aliphatic heterocycles. The molecule has 0 fully saturated rings. The Hall–Kier alpha value is -1.82. The van der Waals surface area contributed by atoms with Gasteiger partial charge in [-0.2, -0.15) is 0 Å². The van der Waals surface area contributed by atoms with Gasteiger partial charge in [0, 0.05) is 6.04 Å². The first-order chi connectivity index (χ1) is 6.77. The highest BCUT2D eigenvalue weighted by Gasteiger charge is 2.05. The summed E-state index contributed by atoms with van der Waals surface area (Å²) >= 11 is 0. The average Bonchev–Trinajstić information content (AvgIpc) is 2.68. The lowest BCUT2D eigenvalue weighted by Gasteiger charge is -1.97. The number of nitrogens with two attached hydrogens (primary N) is 1. The van der Waals surface area contributed by atoms with Gasteiger partial charge >= 0.3 is 0 Å². The van der Waals surface area contributed by atoms with Crippen molar-refractivity contribution >= 4 is 0 Å². The predicted molar refractivity (Wildman–Crippen MR) is 49.6 cm³/mol. The number of aromatic nitrogens is 5. The van der Waals surface area contributed by atoms with E-state index in [-0.39, 0.29) is 6.04 Å². The van der Waals surface area contributed by atoms with Crippen LogP contribution in [0.5, 0.6) is 0 Å². The molecule has 2 aromatic rings. The van der Waals surface area contributed by atoms with Gasteiger partial charge in [0.05, 0.1) is 24.3 Å². The van der Waals surface area contributed by atoms with E-state index in [0.717, 1.165) is 11.4 Å². The normalized spacial score (nSPS) is 12.7. The van der Waals surface area contributed by atoms with E-state index in [4.69, 9.17) is 5.73 Å². The van der Waals surface area contributed by atoms with E-state index in [9.17, 15) is 0 Å². The number of hydrogen-bond donors (Lipinski definition) is 1. The second kappa shape index (κ2) is 3.51. The molecule has 0 saturated heterocycles. The van der Waals surface area contributed by atoms with E-state index >= 15 is 0 Å². The first-order valence-electron chi connectivity index (χ1n) is 4.20. The van der Waals surface area contributed by atoms with Gasteiger partial charge in [0.25, 0.3) is 0 Å². The summed E-state index contributed by atoms with van der Waals surface area (Å²) in [5.41, 5.74) is 7.17. The molecule has 0 unspecified atom stereocenters. The minimum absolute atomic E-state index is 0.117. The number of hydrogen-bond acceptors (Lipinski definition) is 5. The molecule has 1 atom stereocenters. The summed E-state index contributed by atoms with van der Waals surface area (Å²) < 4.78 is 1.60. The molecule has 14 heavy (non-hydrogen) atoms. The van der Waals surface area contributed by atoms with Gasteiger partial charge in [-0.1, -0.05) is 5.21 Å². The molecule has 0 aliphatic carbocycles. The van der Waals surface area contributed by atoms with Gasteiger partial charge in [-0.05, 0) is 6.92 Å². The molecule has 0 aliphatic rings. The summed E-state index contributed by atoms with van der Waals surface area (Å²) in [7, 11) is 0. The SMILES string of the molecule is C[C@H](N)c1cn(-c2cncnc2)nn1. The number of rotatable bonds is 2. The van der Waals surface area contributed by atoms with E-state index in [1.54, 1.807) is 23.3 Å². The fourth-order valence-electron chi connectivity index (χ4n) is 1.02. The van der Waals surface area contributed by atoms with Gasteiger partial charge in [0.15, 0.2) is 0 Å². The monoisotopic (exact) mass is 190 g/mol. The molecular weight excluding hydrogens is 180 g/mol. The first kappa shape index (κ1) is 8.76. The summed E-state index contributed by atoms with van der Waals surface area (Å²) in [6.45, 7) is 1.86. The van der Waals surface area contributed by atoms with Crippen molar-refractivity contribution in [3.8, 4) is 5.69 Å². The van der Waals surface area contributed by atoms with Crippen LogP contribution in [0.3, 0.4) is 0 Å². The quantitative estimate of drug-likeness (QED) is 0.725. The second-order valence-electron chi connectivity index (χ2n) is 2.97. The minimum Gasteiger partial charge on any atom is -0.323 e. The highest BCUT2D eigenvalue weighted by molar-refractivity contribution is 5.22. The van der Waals surface area contributed by atoms with Gasteiger partial charge in [-0.15, -0.1) is 5.10 Å². The summed E-state index contributed by atoms with van der Waals surface area (Å²) in [6, 6.07) is -0.117. The van der Waals surface area contributed by atoms with Crippen molar-refractivity contribution in [1.82, 2.24) is 25.0 Å². The van der Waals surface area contributed by atoms with Crippen molar-refractivity contribution in [3.63, 3.8) is 0 Å². The predicted octanol–water partition coefficient (Wildman–Crippen LogP) is 0.0770. The fourth-order valence-corrected chi connectivity index (χ4v) is 1.02. The molecule has 0 spiro atoms. The van der Waals surface area contributed by atoms with Crippen molar-refractivity contribution in [2.45, 2.75) is 13.0 Å². The Morgan fingerprint density at radius 3 is 2.64 bits per heavy atom. The summed E-state index contributed by atoms with van der Waals surface area (Å²) in [4.78, 5) is 7.77. The number of nitrogens with zero attached hydrogens (tertiary/aromatic N) is 5. The van der Waals surface area contributed by atoms with Crippen LogP contribution in [-0.2, 0) is 0 Å². The lowest BCUT2D eigenvalue weighted by molar-refractivity contribution is 0.754. The second-order valence-corrected chi connectivity index (χ2v) is 2.97. The zero-order valence-corrected chi connectivity index (χ0v) is 7.70. The van der Waals surface area contributed by atoms with Gasteiger partial charge in [0.1, 0.15) is 12.0 Å². The minimum atomic E-state index is -0.117. The highest BCUT2D eigenvalue weighted by Crippen LogP contribution is 2.07.